The highest BCUT2D eigenvalue weighted by Gasteiger charge is 2.04. The van der Waals surface area contributed by atoms with E-state index in [1.807, 2.05) is 30.8 Å². The fourth-order valence-corrected chi connectivity index (χ4v) is 3.12. The normalized spacial score (nSPS) is 11.2. The van der Waals surface area contributed by atoms with E-state index in [1.54, 1.807) is 17.6 Å². The molecule has 0 atom stereocenters. The van der Waals surface area contributed by atoms with Crippen molar-refractivity contribution in [3.63, 3.8) is 0 Å². The number of aromatic nitrogens is 1. The topological polar surface area (TPSA) is 62.5 Å². The summed E-state index contributed by atoms with van der Waals surface area (Å²) in [7, 11) is 0. The Morgan fingerprint density at radius 2 is 2.12 bits per heavy atom. The fraction of sp³-hybridized carbons (Fsp3) is 0.500. The molecule has 0 saturated heterocycles. The number of hydrogen-bond donors (Lipinski definition) is 2. The summed E-state index contributed by atoms with van der Waals surface area (Å²) in [6, 6.07) is 3.90. The first-order valence-electron chi connectivity index (χ1n) is 7.65. The van der Waals surface area contributed by atoms with Gasteiger partial charge in [0.25, 0.3) is 0 Å². The zero-order chi connectivity index (χ0) is 16.5. The van der Waals surface area contributed by atoms with E-state index >= 15 is 0 Å². The number of aryl methyl sites for hydroxylation is 2. The molecule has 0 spiro atoms. The molecule has 0 aliphatic rings. The number of nitrogens with one attached hydrogen (secondary N) is 2. The molecule has 2 aromatic heterocycles. The van der Waals surface area contributed by atoms with Crippen LogP contribution in [0, 0.1) is 13.8 Å². The second-order valence-corrected chi connectivity index (χ2v) is 7.36. The third-order valence-corrected chi connectivity index (χ3v) is 4.96. The Balaban J connectivity index is 0.00000288. The predicted molar refractivity (Wildman–Crippen MR) is 115 cm³/mol. The summed E-state index contributed by atoms with van der Waals surface area (Å²) in [5.74, 6) is 2.86. The SMILES string of the molecule is CSCCNC(=NCc1nc(C)c(C)s1)NCCc1ccco1.I. The molecule has 2 N–H and O–H groups in total. The van der Waals surface area contributed by atoms with Gasteiger partial charge in [-0.1, -0.05) is 0 Å². The standard InChI is InChI=1S/C16H24N4OS2.HI/c1-12-13(2)23-15(20-12)11-19-16(18-8-10-22-3)17-7-6-14-5-4-9-21-14;/h4-5,9H,6-8,10-11H2,1-3H3,(H2,17,18,19);1H. The molecule has 5 nitrogen and oxygen atoms in total. The minimum Gasteiger partial charge on any atom is -0.469 e. The summed E-state index contributed by atoms with van der Waals surface area (Å²) >= 11 is 3.53. The van der Waals surface area contributed by atoms with Gasteiger partial charge in [0.2, 0.25) is 0 Å². The summed E-state index contributed by atoms with van der Waals surface area (Å²) in [5.41, 5.74) is 1.10. The Morgan fingerprint density at radius 3 is 2.75 bits per heavy atom. The van der Waals surface area contributed by atoms with Crippen molar-refractivity contribution >= 4 is 53.0 Å². The van der Waals surface area contributed by atoms with Crippen LogP contribution in [0.25, 0.3) is 0 Å². The number of guanidine groups is 1. The van der Waals surface area contributed by atoms with Gasteiger partial charge in [-0.3, -0.25) is 0 Å². The van der Waals surface area contributed by atoms with Crippen molar-refractivity contribution in [3.05, 3.63) is 39.7 Å². The molecular formula is C16H25IN4OS2. The Hall–Kier alpha value is -0.740. The second kappa shape index (κ2) is 11.8. The largest absolute Gasteiger partial charge is 0.469 e. The molecule has 8 heteroatoms. The number of furan rings is 1. The summed E-state index contributed by atoms with van der Waals surface area (Å²) in [6.07, 6.45) is 4.64. The molecule has 0 aliphatic carbocycles. The quantitative estimate of drug-likeness (QED) is 0.262. The van der Waals surface area contributed by atoms with Crippen LogP contribution in [0.3, 0.4) is 0 Å². The van der Waals surface area contributed by atoms with Crippen LogP contribution < -0.4 is 10.6 Å². The Kier molecular flexibility index (Phi) is 10.4. The Morgan fingerprint density at radius 1 is 1.33 bits per heavy atom. The van der Waals surface area contributed by atoms with E-state index in [4.69, 9.17) is 4.42 Å². The van der Waals surface area contributed by atoms with E-state index in [1.165, 1.54) is 4.88 Å². The van der Waals surface area contributed by atoms with Crippen molar-refractivity contribution in [1.82, 2.24) is 15.6 Å². The van der Waals surface area contributed by atoms with Gasteiger partial charge in [-0.2, -0.15) is 11.8 Å². The zero-order valence-corrected chi connectivity index (χ0v) is 18.3. The van der Waals surface area contributed by atoms with E-state index in [0.29, 0.717) is 6.54 Å². The van der Waals surface area contributed by atoms with E-state index in [-0.39, 0.29) is 24.0 Å². The van der Waals surface area contributed by atoms with Gasteiger partial charge in [-0.15, -0.1) is 35.3 Å². The molecule has 0 unspecified atom stereocenters. The van der Waals surface area contributed by atoms with Gasteiger partial charge in [0.1, 0.15) is 10.8 Å². The van der Waals surface area contributed by atoms with Crippen molar-refractivity contribution in [3.8, 4) is 0 Å². The van der Waals surface area contributed by atoms with Gasteiger partial charge in [-0.25, -0.2) is 9.98 Å². The van der Waals surface area contributed by atoms with Crippen molar-refractivity contribution in [1.29, 1.82) is 0 Å². The van der Waals surface area contributed by atoms with Crippen LogP contribution in [-0.2, 0) is 13.0 Å². The summed E-state index contributed by atoms with van der Waals surface area (Å²) in [5, 5.41) is 7.76. The van der Waals surface area contributed by atoms with Crippen LogP contribution in [-0.4, -0.2) is 36.0 Å². The molecule has 2 heterocycles. The van der Waals surface area contributed by atoms with E-state index in [9.17, 15) is 0 Å². The molecule has 134 valence electrons. The van der Waals surface area contributed by atoms with Gasteiger partial charge in [0.05, 0.1) is 18.5 Å². The highest BCUT2D eigenvalue weighted by atomic mass is 127. The third-order valence-electron chi connectivity index (χ3n) is 3.29. The molecule has 0 saturated carbocycles. The summed E-state index contributed by atoms with van der Waals surface area (Å²) in [6.45, 7) is 6.42. The number of nitrogens with zero attached hydrogens (tertiary/aromatic N) is 2. The van der Waals surface area contributed by atoms with Gasteiger partial charge in [-0.05, 0) is 32.2 Å². The molecule has 24 heavy (non-hydrogen) atoms. The first-order chi connectivity index (χ1) is 11.2. The lowest BCUT2D eigenvalue weighted by molar-refractivity contribution is 0.507. The number of hydrogen-bond acceptors (Lipinski definition) is 5. The Bertz CT molecular complexity index is 594. The summed E-state index contributed by atoms with van der Waals surface area (Å²) in [4.78, 5) is 10.4. The molecule has 0 bridgehead atoms. The Labute approximate surface area is 169 Å². The molecule has 0 fully saturated rings. The number of halogens is 1. The summed E-state index contributed by atoms with van der Waals surface area (Å²) < 4.78 is 5.35. The average molecular weight is 480 g/mol. The van der Waals surface area contributed by atoms with E-state index in [0.717, 1.165) is 47.7 Å². The minimum atomic E-state index is 0. The van der Waals surface area contributed by atoms with Crippen LogP contribution in [0.2, 0.25) is 0 Å². The van der Waals surface area contributed by atoms with Gasteiger partial charge < -0.3 is 15.1 Å². The van der Waals surface area contributed by atoms with Gasteiger partial charge in [0.15, 0.2) is 5.96 Å². The van der Waals surface area contributed by atoms with E-state index in [2.05, 4.69) is 33.8 Å². The van der Waals surface area contributed by atoms with Gasteiger partial charge >= 0.3 is 0 Å². The smallest absolute Gasteiger partial charge is 0.191 e. The average Bonchev–Trinajstić information content (AvgIpc) is 3.15. The number of rotatable bonds is 8. The molecule has 0 radical (unpaired) electrons. The highest BCUT2D eigenvalue weighted by molar-refractivity contribution is 14.0. The first kappa shape index (κ1) is 21.3. The maximum absolute atomic E-state index is 5.35. The lowest BCUT2D eigenvalue weighted by Gasteiger charge is -2.11. The van der Waals surface area contributed by atoms with Crippen LogP contribution in [0.15, 0.2) is 27.8 Å². The molecule has 0 aliphatic heterocycles. The van der Waals surface area contributed by atoms with E-state index < -0.39 is 0 Å². The highest BCUT2D eigenvalue weighted by Crippen LogP contribution is 2.16. The molecule has 2 rings (SSSR count). The zero-order valence-electron chi connectivity index (χ0n) is 14.3. The number of thiazole rings is 1. The minimum absolute atomic E-state index is 0. The second-order valence-electron chi connectivity index (χ2n) is 5.09. The van der Waals surface area contributed by atoms with Crippen LogP contribution in [0.5, 0.6) is 0 Å². The lowest BCUT2D eigenvalue weighted by Crippen LogP contribution is -2.39. The lowest BCUT2D eigenvalue weighted by atomic mass is 10.3. The molecular weight excluding hydrogens is 455 g/mol. The van der Waals surface area contributed by atoms with Crippen molar-refractivity contribution < 1.29 is 4.42 Å². The van der Waals surface area contributed by atoms with Crippen LogP contribution >= 0.6 is 47.1 Å². The fourth-order valence-electron chi connectivity index (χ4n) is 1.96. The van der Waals surface area contributed by atoms with Crippen LogP contribution in [0.4, 0.5) is 0 Å². The van der Waals surface area contributed by atoms with Crippen molar-refractivity contribution in [2.45, 2.75) is 26.8 Å². The molecule has 0 aromatic carbocycles. The molecule has 2 aromatic rings. The van der Waals surface area contributed by atoms with Crippen molar-refractivity contribution in [2.24, 2.45) is 4.99 Å². The van der Waals surface area contributed by atoms with Crippen molar-refractivity contribution in [2.75, 3.05) is 25.1 Å². The third kappa shape index (κ3) is 7.43. The predicted octanol–water partition coefficient (Wildman–Crippen LogP) is 3.61. The maximum atomic E-state index is 5.35. The number of aliphatic imine (C=N–C) groups is 1. The molecule has 0 amide bonds. The number of thioether (sulfide) groups is 1. The van der Waals surface area contributed by atoms with Crippen LogP contribution in [0.1, 0.15) is 21.3 Å². The maximum Gasteiger partial charge on any atom is 0.191 e. The first-order valence-corrected chi connectivity index (χ1v) is 9.86. The van der Waals surface area contributed by atoms with Gasteiger partial charge in [0, 0.05) is 30.1 Å². The monoisotopic (exact) mass is 480 g/mol.